The molecule has 0 unspecified atom stereocenters. The van der Waals surface area contributed by atoms with Crippen LogP contribution < -0.4 is 24.3 Å². The molecule has 2 heterocycles. The van der Waals surface area contributed by atoms with Crippen molar-refractivity contribution in [3.8, 4) is 28.6 Å². The molecular formula is C22H19N3O5S. The van der Waals surface area contributed by atoms with Crippen molar-refractivity contribution < 1.29 is 19.0 Å². The Bertz CT molecular complexity index is 1380. The maximum Gasteiger partial charge on any atom is 0.308 e. The van der Waals surface area contributed by atoms with Gasteiger partial charge >= 0.3 is 5.97 Å². The molecule has 0 amide bonds. The van der Waals surface area contributed by atoms with Crippen LogP contribution in [0.4, 0.5) is 0 Å². The molecule has 0 spiro atoms. The monoisotopic (exact) mass is 437 g/mol. The largest absolute Gasteiger partial charge is 0.493 e. The maximum absolute atomic E-state index is 12.9. The number of rotatable bonds is 6. The molecule has 0 atom stereocenters. The second-order valence-electron chi connectivity index (χ2n) is 6.48. The number of ether oxygens (including phenoxy) is 3. The molecule has 0 aliphatic rings. The average molecular weight is 437 g/mol. The molecule has 2 aromatic heterocycles. The number of nitrogens with zero attached hydrogens (tertiary/aromatic N) is 3. The summed E-state index contributed by atoms with van der Waals surface area (Å²) in [4.78, 5) is 29.1. The lowest BCUT2D eigenvalue weighted by molar-refractivity contribution is -0.131. The molecule has 4 aromatic rings. The van der Waals surface area contributed by atoms with Gasteiger partial charge < -0.3 is 14.2 Å². The highest BCUT2D eigenvalue weighted by Gasteiger charge is 2.16. The fourth-order valence-corrected chi connectivity index (χ4v) is 3.95. The van der Waals surface area contributed by atoms with Gasteiger partial charge in [0.15, 0.2) is 17.3 Å². The van der Waals surface area contributed by atoms with E-state index in [0.717, 1.165) is 5.56 Å². The molecule has 0 N–H and O–H groups in total. The first-order valence-electron chi connectivity index (χ1n) is 9.50. The van der Waals surface area contributed by atoms with Crippen LogP contribution in [0, 0.1) is 0 Å². The van der Waals surface area contributed by atoms with Crippen molar-refractivity contribution >= 4 is 28.3 Å². The van der Waals surface area contributed by atoms with Crippen LogP contribution in [0.2, 0.25) is 0 Å². The molecule has 0 fully saturated rings. The van der Waals surface area contributed by atoms with Crippen molar-refractivity contribution in [2.45, 2.75) is 13.8 Å². The topological polar surface area (TPSA) is 92.0 Å². The molecule has 9 heteroatoms. The molecule has 8 nitrogen and oxygen atoms in total. The van der Waals surface area contributed by atoms with Crippen molar-refractivity contribution in [1.29, 1.82) is 0 Å². The standard InChI is InChI=1S/C22H19N3O5S/c1-4-29-17-10-9-14(11-18(17)28-3)12-19-21(27)25-22(31-19)23-20(24-25)15-7-5-6-8-16(15)30-13(2)26/h5-12H,4H2,1-3H3. The number of fused-ring (bicyclic) bond motifs is 1. The van der Waals surface area contributed by atoms with Crippen LogP contribution in [0.1, 0.15) is 19.4 Å². The number of aromatic nitrogens is 3. The van der Waals surface area contributed by atoms with Crippen molar-refractivity contribution in [3.63, 3.8) is 0 Å². The van der Waals surface area contributed by atoms with E-state index in [4.69, 9.17) is 14.2 Å². The van der Waals surface area contributed by atoms with Crippen molar-refractivity contribution in [3.05, 3.63) is 62.9 Å². The normalized spacial score (nSPS) is 11.6. The second-order valence-corrected chi connectivity index (χ2v) is 7.49. The van der Waals surface area contributed by atoms with Crippen LogP contribution in [0.3, 0.4) is 0 Å². The summed E-state index contributed by atoms with van der Waals surface area (Å²) < 4.78 is 17.9. The number of benzene rings is 2. The van der Waals surface area contributed by atoms with Gasteiger partial charge in [0.25, 0.3) is 5.56 Å². The number of carbonyl (C=O) groups excluding carboxylic acids is 1. The molecule has 158 valence electrons. The molecule has 0 bridgehead atoms. The van der Waals surface area contributed by atoms with Crippen molar-refractivity contribution in [2.75, 3.05) is 13.7 Å². The summed E-state index contributed by atoms with van der Waals surface area (Å²) in [6, 6.07) is 12.4. The molecule has 0 saturated carbocycles. The minimum Gasteiger partial charge on any atom is -0.493 e. The Balaban J connectivity index is 1.74. The van der Waals surface area contributed by atoms with E-state index in [1.807, 2.05) is 13.0 Å². The van der Waals surface area contributed by atoms with Gasteiger partial charge in [-0.3, -0.25) is 9.59 Å². The fraction of sp³-hybridized carbons (Fsp3) is 0.182. The number of thiazole rings is 1. The number of methoxy groups -OCH3 is 1. The number of hydrogen-bond donors (Lipinski definition) is 0. The van der Waals surface area contributed by atoms with Crippen molar-refractivity contribution in [2.24, 2.45) is 0 Å². The van der Waals surface area contributed by atoms with E-state index in [1.54, 1.807) is 49.6 Å². The number of hydrogen-bond acceptors (Lipinski definition) is 8. The van der Waals surface area contributed by atoms with E-state index >= 15 is 0 Å². The van der Waals surface area contributed by atoms with Crippen LogP contribution in [-0.2, 0) is 4.79 Å². The number of carbonyl (C=O) groups is 1. The van der Waals surface area contributed by atoms with E-state index in [0.29, 0.717) is 44.7 Å². The van der Waals surface area contributed by atoms with E-state index in [9.17, 15) is 9.59 Å². The average Bonchev–Trinajstić information content (AvgIpc) is 3.28. The lowest BCUT2D eigenvalue weighted by atomic mass is 10.2. The third-order valence-electron chi connectivity index (χ3n) is 4.35. The minimum absolute atomic E-state index is 0.281. The van der Waals surface area contributed by atoms with E-state index in [-0.39, 0.29) is 5.56 Å². The lowest BCUT2D eigenvalue weighted by Crippen LogP contribution is -2.23. The first kappa shape index (κ1) is 20.5. The predicted molar refractivity (Wildman–Crippen MR) is 117 cm³/mol. The molecule has 31 heavy (non-hydrogen) atoms. The van der Waals surface area contributed by atoms with Gasteiger partial charge in [-0.25, -0.2) is 0 Å². The van der Waals surface area contributed by atoms with Gasteiger partial charge in [0.05, 0.1) is 23.8 Å². The molecule has 0 aliphatic heterocycles. The summed E-state index contributed by atoms with van der Waals surface area (Å²) in [6.07, 6.45) is 1.76. The van der Waals surface area contributed by atoms with Gasteiger partial charge in [-0.05, 0) is 42.8 Å². The highest BCUT2D eigenvalue weighted by Crippen LogP contribution is 2.29. The first-order chi connectivity index (χ1) is 15.0. The van der Waals surface area contributed by atoms with Gasteiger partial charge in [-0.1, -0.05) is 29.5 Å². The molecule has 0 radical (unpaired) electrons. The van der Waals surface area contributed by atoms with Crippen LogP contribution in [0.15, 0.2) is 47.3 Å². The minimum atomic E-state index is -0.444. The molecule has 2 aromatic carbocycles. The summed E-state index contributed by atoms with van der Waals surface area (Å²) >= 11 is 1.22. The van der Waals surface area contributed by atoms with Crippen LogP contribution in [0.25, 0.3) is 22.4 Å². The zero-order valence-electron chi connectivity index (χ0n) is 17.1. The Hall–Kier alpha value is -3.72. The Kier molecular flexibility index (Phi) is 5.68. The van der Waals surface area contributed by atoms with Gasteiger partial charge in [0.2, 0.25) is 4.96 Å². The zero-order chi connectivity index (χ0) is 22.0. The Morgan fingerprint density at radius 2 is 1.97 bits per heavy atom. The number of esters is 1. The summed E-state index contributed by atoms with van der Waals surface area (Å²) in [5, 5.41) is 4.33. The molecule has 0 aliphatic carbocycles. The Morgan fingerprint density at radius 1 is 1.16 bits per heavy atom. The van der Waals surface area contributed by atoms with Crippen molar-refractivity contribution in [1.82, 2.24) is 14.6 Å². The number of para-hydroxylation sites is 1. The SMILES string of the molecule is CCOc1ccc(C=c2sc3nc(-c4ccccc4OC(C)=O)nn3c2=O)cc1OC. The van der Waals surface area contributed by atoms with E-state index in [2.05, 4.69) is 10.1 Å². The van der Waals surface area contributed by atoms with Gasteiger partial charge in [-0.2, -0.15) is 9.50 Å². The predicted octanol–water partition coefficient (Wildman–Crippen LogP) is 2.70. The van der Waals surface area contributed by atoms with E-state index in [1.165, 1.54) is 22.8 Å². The molecular weight excluding hydrogens is 418 g/mol. The highest BCUT2D eigenvalue weighted by molar-refractivity contribution is 7.15. The fourth-order valence-electron chi connectivity index (χ4n) is 3.04. The Labute approximate surface area is 181 Å². The molecule has 0 saturated heterocycles. The van der Waals surface area contributed by atoms with Crippen LogP contribution in [-0.4, -0.2) is 34.3 Å². The smallest absolute Gasteiger partial charge is 0.308 e. The van der Waals surface area contributed by atoms with Gasteiger partial charge in [-0.15, -0.1) is 5.10 Å². The quantitative estimate of drug-likeness (QED) is 0.338. The van der Waals surface area contributed by atoms with Gasteiger partial charge in [0.1, 0.15) is 5.75 Å². The highest BCUT2D eigenvalue weighted by atomic mass is 32.1. The maximum atomic E-state index is 12.9. The lowest BCUT2D eigenvalue weighted by Gasteiger charge is -2.09. The summed E-state index contributed by atoms with van der Waals surface area (Å²) in [5.41, 5.74) is 1.05. The summed E-state index contributed by atoms with van der Waals surface area (Å²) in [7, 11) is 1.57. The van der Waals surface area contributed by atoms with Gasteiger partial charge in [0, 0.05) is 6.92 Å². The second kappa shape index (κ2) is 8.57. The van der Waals surface area contributed by atoms with Crippen LogP contribution >= 0.6 is 11.3 Å². The third-order valence-corrected chi connectivity index (χ3v) is 5.31. The summed E-state index contributed by atoms with van der Waals surface area (Å²) in [5.74, 6) is 1.44. The zero-order valence-corrected chi connectivity index (χ0v) is 17.9. The van der Waals surface area contributed by atoms with Crippen LogP contribution in [0.5, 0.6) is 17.2 Å². The molecule has 4 rings (SSSR count). The first-order valence-corrected chi connectivity index (χ1v) is 10.3. The Morgan fingerprint density at radius 3 is 2.68 bits per heavy atom. The summed E-state index contributed by atoms with van der Waals surface area (Å²) in [6.45, 7) is 3.75. The van der Waals surface area contributed by atoms with E-state index < -0.39 is 5.97 Å². The third kappa shape index (κ3) is 4.13.